The quantitative estimate of drug-likeness (QED) is 0.371. The molecule has 1 N–H and O–H groups in total. The third kappa shape index (κ3) is 4.47. The van der Waals surface area contributed by atoms with Crippen molar-refractivity contribution in [2.75, 3.05) is 12.4 Å². The topological polar surface area (TPSA) is 114 Å². The average Bonchev–Trinajstić information content (AvgIpc) is 3.24. The highest BCUT2D eigenvalue weighted by Crippen LogP contribution is 2.64. The molecule has 0 aromatic heterocycles. The Balaban J connectivity index is 1.41. The lowest BCUT2D eigenvalue weighted by molar-refractivity contribution is -0.128. The molecule has 3 atom stereocenters. The average molecular weight is 555 g/mol. The van der Waals surface area contributed by atoms with E-state index in [2.05, 4.69) is 13.8 Å². The Morgan fingerprint density at radius 1 is 1.13 bits per heavy atom. The zero-order valence-corrected chi connectivity index (χ0v) is 24.0. The second kappa shape index (κ2) is 10.0. The van der Waals surface area contributed by atoms with Gasteiger partial charge in [-0.2, -0.15) is 8.42 Å². The van der Waals surface area contributed by atoms with Crippen molar-refractivity contribution in [2.45, 2.75) is 72.6 Å². The van der Waals surface area contributed by atoms with Crippen LogP contribution in [0.25, 0.3) is 10.8 Å². The fourth-order valence-corrected chi connectivity index (χ4v) is 8.63. The number of amides is 1. The maximum absolute atomic E-state index is 13.5. The number of ketones is 1. The number of rotatable bonds is 11. The largest absolute Gasteiger partial charge is 0.493 e. The summed E-state index contributed by atoms with van der Waals surface area (Å²) in [5.74, 6) is -0.436. The SMILES string of the molecule is CCCCC(CC)COc1ccc2c3c(cccc13)C(=N)N(OS(=O)(=O)CC13CCC(CC1=O)C3(C)C)C2=O. The van der Waals surface area contributed by atoms with E-state index in [9.17, 15) is 18.0 Å². The first-order chi connectivity index (χ1) is 18.5. The third-order valence-corrected chi connectivity index (χ3v) is 10.9. The first-order valence-electron chi connectivity index (χ1n) is 14.0. The van der Waals surface area contributed by atoms with E-state index >= 15 is 0 Å². The van der Waals surface area contributed by atoms with Crippen LogP contribution >= 0.6 is 0 Å². The van der Waals surface area contributed by atoms with Crippen LogP contribution in [0.15, 0.2) is 30.3 Å². The normalized spacial score (nSPS) is 24.6. The molecule has 2 aromatic rings. The van der Waals surface area contributed by atoms with Gasteiger partial charge in [-0.25, -0.2) is 0 Å². The van der Waals surface area contributed by atoms with Crippen molar-refractivity contribution in [1.29, 1.82) is 5.41 Å². The summed E-state index contributed by atoms with van der Waals surface area (Å²) in [6.07, 6.45) is 6.02. The number of nitrogens with zero attached hydrogens (tertiary/aromatic N) is 1. The molecule has 8 nitrogen and oxygen atoms in total. The van der Waals surface area contributed by atoms with Crippen LogP contribution < -0.4 is 4.74 Å². The van der Waals surface area contributed by atoms with Gasteiger partial charge in [-0.05, 0) is 48.6 Å². The van der Waals surface area contributed by atoms with E-state index in [1.165, 1.54) is 0 Å². The molecule has 9 heteroatoms. The monoisotopic (exact) mass is 554 g/mol. The lowest BCUT2D eigenvalue weighted by atomic mass is 9.70. The van der Waals surface area contributed by atoms with Crippen LogP contribution in [0, 0.1) is 28.1 Å². The summed E-state index contributed by atoms with van der Waals surface area (Å²) >= 11 is 0. The van der Waals surface area contributed by atoms with Gasteiger partial charge >= 0.3 is 0 Å². The van der Waals surface area contributed by atoms with Crippen LogP contribution in [0.2, 0.25) is 0 Å². The maximum Gasteiger partial charge on any atom is 0.289 e. The first kappa shape index (κ1) is 27.8. The summed E-state index contributed by atoms with van der Waals surface area (Å²) in [4.78, 5) is 26.4. The van der Waals surface area contributed by atoms with Crippen molar-refractivity contribution in [1.82, 2.24) is 5.06 Å². The van der Waals surface area contributed by atoms with Crippen LogP contribution in [-0.2, 0) is 19.2 Å². The smallest absolute Gasteiger partial charge is 0.289 e. The summed E-state index contributed by atoms with van der Waals surface area (Å²) < 4.78 is 38.2. The number of Topliss-reactive ketones (excluding diaryl/α,β-unsaturated/α-hetero) is 1. The zero-order chi connectivity index (χ0) is 28.2. The number of nitrogens with one attached hydrogen (secondary N) is 1. The van der Waals surface area contributed by atoms with Crippen LogP contribution in [-0.4, -0.2) is 43.4 Å². The van der Waals surface area contributed by atoms with Gasteiger partial charge in [0.05, 0.1) is 23.3 Å². The van der Waals surface area contributed by atoms with E-state index in [1.54, 1.807) is 24.3 Å². The summed E-state index contributed by atoms with van der Waals surface area (Å²) in [7, 11) is -4.37. The highest BCUT2D eigenvalue weighted by molar-refractivity contribution is 7.86. The maximum atomic E-state index is 13.5. The van der Waals surface area contributed by atoms with E-state index < -0.39 is 32.6 Å². The summed E-state index contributed by atoms with van der Waals surface area (Å²) in [6.45, 7) is 8.78. The number of unbranched alkanes of at least 4 members (excludes halogenated alkanes) is 1. The van der Waals surface area contributed by atoms with Gasteiger partial charge in [0.25, 0.3) is 16.0 Å². The number of hydrogen-bond donors (Lipinski definition) is 1. The predicted octanol–water partition coefficient (Wildman–Crippen LogP) is 5.87. The summed E-state index contributed by atoms with van der Waals surface area (Å²) in [5.41, 5.74) is -0.873. The number of carbonyl (C=O) groups excluding carboxylic acids is 2. The van der Waals surface area contributed by atoms with Crippen LogP contribution in [0.3, 0.4) is 0 Å². The van der Waals surface area contributed by atoms with Gasteiger partial charge < -0.3 is 4.74 Å². The Hall–Kier alpha value is -2.78. The Morgan fingerprint density at radius 2 is 1.90 bits per heavy atom. The second-order valence-corrected chi connectivity index (χ2v) is 13.5. The van der Waals surface area contributed by atoms with Gasteiger partial charge in [0.15, 0.2) is 5.84 Å². The van der Waals surface area contributed by atoms with Crippen molar-refractivity contribution < 1.29 is 27.0 Å². The number of amidine groups is 1. The van der Waals surface area contributed by atoms with Gasteiger partial charge in [0.2, 0.25) is 0 Å². The molecule has 2 aliphatic carbocycles. The van der Waals surface area contributed by atoms with Crippen molar-refractivity contribution >= 4 is 38.4 Å². The van der Waals surface area contributed by atoms with Crippen molar-refractivity contribution in [3.05, 3.63) is 41.5 Å². The van der Waals surface area contributed by atoms with Gasteiger partial charge in [-0.1, -0.05) is 65.2 Å². The highest BCUT2D eigenvalue weighted by Gasteiger charge is 2.65. The second-order valence-electron chi connectivity index (χ2n) is 12.0. The van der Waals surface area contributed by atoms with Crippen LogP contribution in [0.4, 0.5) is 0 Å². The first-order valence-corrected chi connectivity index (χ1v) is 15.6. The molecule has 1 amide bonds. The molecule has 2 saturated carbocycles. The molecule has 0 spiro atoms. The third-order valence-electron chi connectivity index (χ3n) is 9.64. The van der Waals surface area contributed by atoms with Crippen LogP contribution in [0.1, 0.15) is 88.6 Å². The molecule has 1 aliphatic heterocycles. The zero-order valence-electron chi connectivity index (χ0n) is 23.2. The lowest BCUT2D eigenvalue weighted by Crippen LogP contribution is -2.46. The minimum Gasteiger partial charge on any atom is -0.493 e. The number of ether oxygens (including phenoxy) is 1. The van der Waals surface area contributed by atoms with Crippen molar-refractivity contribution in [3.8, 4) is 5.75 Å². The minimum absolute atomic E-state index is 0.0568. The van der Waals surface area contributed by atoms with E-state index in [1.807, 2.05) is 19.9 Å². The molecule has 2 fully saturated rings. The number of carbonyl (C=O) groups is 2. The fraction of sp³-hybridized carbons (Fsp3) is 0.567. The number of hydroxylamine groups is 2. The molecule has 1 heterocycles. The summed E-state index contributed by atoms with van der Waals surface area (Å²) in [6, 6.07) is 8.62. The lowest BCUT2D eigenvalue weighted by Gasteiger charge is -2.36. The minimum atomic E-state index is -4.37. The van der Waals surface area contributed by atoms with Gasteiger partial charge in [-0.3, -0.25) is 15.0 Å². The van der Waals surface area contributed by atoms with Crippen molar-refractivity contribution in [2.24, 2.45) is 22.7 Å². The number of benzene rings is 2. The predicted molar refractivity (Wildman–Crippen MR) is 149 cm³/mol. The molecule has 0 radical (unpaired) electrons. The van der Waals surface area contributed by atoms with E-state index in [-0.39, 0.29) is 23.1 Å². The molecule has 210 valence electrons. The molecular formula is C30H38N2O6S. The van der Waals surface area contributed by atoms with E-state index in [0.29, 0.717) is 52.5 Å². The number of fused-ring (bicyclic) bond motifs is 2. The van der Waals surface area contributed by atoms with Crippen molar-refractivity contribution in [3.63, 3.8) is 0 Å². The van der Waals surface area contributed by atoms with Gasteiger partial charge in [0.1, 0.15) is 11.5 Å². The summed E-state index contributed by atoms with van der Waals surface area (Å²) in [5, 5.41) is 10.5. The Bertz CT molecular complexity index is 1430. The van der Waals surface area contributed by atoms with E-state index in [4.69, 9.17) is 14.4 Å². The standard InChI is InChI=1S/C30H38N2O6S/c1-5-7-9-19(6-2)17-37-24-13-12-23-26-21(24)10-8-11-22(26)27(31)32(28(23)34)38-39(35,36)18-30-15-14-20(16-25(30)33)29(30,3)4/h8,10-13,19-20,31H,5-7,9,14-18H2,1-4H3. The molecule has 39 heavy (non-hydrogen) atoms. The molecule has 3 unspecified atom stereocenters. The molecule has 3 aliphatic rings. The fourth-order valence-electron chi connectivity index (χ4n) is 6.93. The molecular weight excluding hydrogens is 516 g/mol. The molecule has 2 bridgehead atoms. The Morgan fingerprint density at radius 3 is 2.54 bits per heavy atom. The molecule has 0 saturated heterocycles. The molecule has 2 aromatic carbocycles. The van der Waals surface area contributed by atoms with Gasteiger partial charge in [-0.15, -0.1) is 9.35 Å². The molecule has 5 rings (SSSR count). The highest BCUT2D eigenvalue weighted by atomic mass is 32.2. The van der Waals surface area contributed by atoms with E-state index in [0.717, 1.165) is 32.1 Å². The Kier molecular flexibility index (Phi) is 7.12. The number of hydrogen-bond acceptors (Lipinski definition) is 7. The van der Waals surface area contributed by atoms with Gasteiger partial charge in [0, 0.05) is 22.8 Å². The Labute approximate surface area is 230 Å². The van der Waals surface area contributed by atoms with Crippen LogP contribution in [0.5, 0.6) is 5.75 Å².